The van der Waals surface area contributed by atoms with Crippen LogP contribution in [0.25, 0.3) is 0 Å². The average Bonchev–Trinajstić information content (AvgIpc) is 2.68. The number of rotatable bonds is 17. The second kappa shape index (κ2) is 18.9. The Kier molecular flexibility index (Phi) is 20.6. The molecular formula is HB35IS-. The second-order valence-electron chi connectivity index (χ2n) is 9.78. The first-order valence-corrected chi connectivity index (χ1v) is 16.2. The molecule has 0 spiro atoms. The van der Waals surface area contributed by atoms with Gasteiger partial charge in [0, 0.05) is 0 Å². The van der Waals surface area contributed by atoms with E-state index >= 15 is 0 Å². The van der Waals surface area contributed by atoms with Crippen LogP contribution in [-0.2, 0) is 0 Å². The summed E-state index contributed by atoms with van der Waals surface area (Å²) in [6.07, 6.45) is -15.3. The predicted octanol–water partition coefficient (Wildman–Crippen LogP) is -15.9. The fourth-order valence-corrected chi connectivity index (χ4v) is 10.0. The van der Waals surface area contributed by atoms with Crippen LogP contribution >= 0.6 is 9.80 Å². The standard InChI is InChI=1S/B35HIS/c1-19(2)28(20(3)4)32(27(17)18)34(31(25(13)14)26(15)16)35(36-37)33(29(21(5)6)22(7)8)30(23(9)10)24(11)12/h37H/q-1. The Balaban J connectivity index is 7.67. The molecule has 37 heavy (non-hydrogen) atoms. The fourth-order valence-electron chi connectivity index (χ4n) is 5.60. The van der Waals surface area contributed by atoms with E-state index in [0.29, 0.717) is 0 Å². The molecule has 36 radical (unpaired) electrons. The Hall–Kier alpha value is 3.35. The summed E-state index contributed by atoms with van der Waals surface area (Å²) in [5, 5.41) is 0. The van der Waals surface area contributed by atoms with Gasteiger partial charge < -0.3 is 0 Å². The first-order chi connectivity index (χ1) is 16.8. The molecule has 0 aliphatic rings. The monoisotopic (exact) mass is 545 g/mol. The minimum atomic E-state index is -1.16. The van der Waals surface area contributed by atoms with Crippen LogP contribution in [0.2, 0.25) is 0 Å². The molecule has 120 valence electrons. The van der Waals surface area contributed by atoms with Gasteiger partial charge in [-0.25, -0.2) is 0 Å². The first kappa shape index (κ1) is 40.4. The summed E-state index contributed by atoms with van der Waals surface area (Å²) < 4.78 is -0.598. The van der Waals surface area contributed by atoms with Crippen molar-refractivity contribution in [2.45, 2.75) is 0 Å². The molecule has 0 saturated carbocycles. The van der Waals surface area contributed by atoms with Gasteiger partial charge in [0.15, 0.2) is 0 Å². The van der Waals surface area contributed by atoms with Crippen LogP contribution < -0.4 is 19.6 Å². The van der Waals surface area contributed by atoms with Gasteiger partial charge in [0.2, 0.25) is 0 Å². The molecule has 0 aromatic rings. The quantitative estimate of drug-likeness (QED) is 0.106. The van der Waals surface area contributed by atoms with Crippen molar-refractivity contribution in [2.24, 2.45) is 0 Å². The fraction of sp³-hybridized carbons (Fsp3) is 0. The number of thiol groups is 1. The van der Waals surface area contributed by atoms with Crippen molar-refractivity contribution in [1.82, 2.24) is 0 Å². The van der Waals surface area contributed by atoms with Gasteiger partial charge in [0.25, 0.3) is 0 Å². The maximum atomic E-state index is 6.32. The van der Waals surface area contributed by atoms with Gasteiger partial charge in [-0.3, -0.25) is 0 Å². The molecule has 0 nitrogen and oxygen atoms in total. The normalized spacial score (nSPS) is 9.76. The van der Waals surface area contributed by atoms with Gasteiger partial charge in [0.1, 0.15) is 0 Å². The summed E-state index contributed by atoms with van der Waals surface area (Å²) >= 11 is -1.16. The van der Waals surface area contributed by atoms with Crippen molar-refractivity contribution in [2.75, 3.05) is 0 Å². The number of halogens is 1. The molecule has 0 unspecified atom stereocenters. The molecule has 0 amide bonds. The number of hydrogen-bond donors (Lipinski definition) is 1. The Morgan fingerprint density at radius 1 is 0.270 bits per heavy atom. The van der Waals surface area contributed by atoms with Crippen LogP contribution in [-0.4, -0.2) is 246 Å². The third-order valence-corrected chi connectivity index (χ3v) is 10.9. The van der Waals surface area contributed by atoms with Crippen LogP contribution in [0.15, 0.2) is 0 Å². The molecule has 0 aliphatic carbocycles. The molecule has 0 N–H and O–H groups in total. The van der Waals surface area contributed by atoms with E-state index in [9.17, 15) is 0 Å². The maximum absolute atomic E-state index is 6.32. The predicted molar refractivity (Wildman–Crippen MR) is 210 cm³/mol. The topological polar surface area (TPSA) is 0 Å². The zero-order valence-corrected chi connectivity index (χ0v) is 24.1. The van der Waals surface area contributed by atoms with E-state index in [0.717, 1.165) is 0 Å². The molecule has 0 heterocycles. The SMILES string of the molecule is [B]B([B])B(B([B])[B])B(B([B])[B])B(B([I-]S)B(B(B([B])[B])B([B])[B])B(B([B])[B])B([B])[B])B(B([B])[B])B([B])[B]. The van der Waals surface area contributed by atoms with E-state index < -0.39 is 126 Å². The van der Waals surface area contributed by atoms with Crippen LogP contribution in [0.5, 0.6) is 0 Å². The summed E-state index contributed by atoms with van der Waals surface area (Å²) in [6.45, 7) is 0. The molecule has 0 saturated heterocycles. The van der Waals surface area contributed by atoms with Crippen molar-refractivity contribution < 1.29 is 19.6 Å². The van der Waals surface area contributed by atoms with Gasteiger partial charge >= 0.3 is 275 Å². The van der Waals surface area contributed by atoms with E-state index in [1.54, 1.807) is 0 Å². The Morgan fingerprint density at radius 3 is 0.595 bits per heavy atom. The van der Waals surface area contributed by atoms with Gasteiger partial charge in [-0.1, -0.05) is 0 Å². The first-order valence-electron chi connectivity index (χ1n) is 11.7. The van der Waals surface area contributed by atoms with Gasteiger partial charge in [-0.15, -0.1) is 0 Å². The molecule has 0 fully saturated rings. The molecule has 0 aliphatic heterocycles. The summed E-state index contributed by atoms with van der Waals surface area (Å²) in [6, 6.07) is 0. The van der Waals surface area contributed by atoms with Crippen molar-refractivity contribution in [3.63, 3.8) is 0 Å². The Morgan fingerprint density at radius 2 is 0.432 bits per heavy atom. The number of hydrogen-bond acceptors (Lipinski definition) is 1. The average molecular weight is 538 g/mol. The van der Waals surface area contributed by atoms with Gasteiger partial charge in [-0.2, -0.15) is 0 Å². The van der Waals surface area contributed by atoms with E-state index in [-0.39, 0.29) is 0 Å². The molecule has 0 rings (SSSR count). The van der Waals surface area contributed by atoms with Crippen molar-refractivity contribution >= 4 is 256 Å². The third kappa shape index (κ3) is 11.4. The zero-order chi connectivity index (χ0) is 29.5. The molecule has 0 bridgehead atoms. The molecular weight excluding hydrogens is 537 g/mol. The summed E-state index contributed by atoms with van der Waals surface area (Å²) in [5.74, 6) is 0. The minimum absolute atomic E-state index is 0.598. The summed E-state index contributed by atoms with van der Waals surface area (Å²) in [5.41, 5.74) is 0. The molecule has 37 heteroatoms. The molecule has 0 aromatic carbocycles. The molecule has 0 aromatic heterocycles. The Labute approximate surface area is 272 Å². The van der Waals surface area contributed by atoms with E-state index in [1.807, 2.05) is 0 Å². The molecule has 0 atom stereocenters. The summed E-state index contributed by atoms with van der Waals surface area (Å²) in [7, 11) is 116. The van der Waals surface area contributed by atoms with Crippen LogP contribution in [0.4, 0.5) is 0 Å². The second-order valence-corrected chi connectivity index (χ2v) is 13.1. The van der Waals surface area contributed by atoms with Crippen LogP contribution in [0.1, 0.15) is 0 Å². The van der Waals surface area contributed by atoms with Crippen LogP contribution in [0, 0.1) is 0 Å². The Bertz CT molecular complexity index is 536. The summed E-state index contributed by atoms with van der Waals surface area (Å²) in [4.78, 5) is 0. The van der Waals surface area contributed by atoms with E-state index in [2.05, 4.69) is 0 Å². The van der Waals surface area contributed by atoms with Crippen molar-refractivity contribution in [3.05, 3.63) is 0 Å². The van der Waals surface area contributed by atoms with E-state index in [4.69, 9.17) is 149 Å². The van der Waals surface area contributed by atoms with Crippen molar-refractivity contribution in [1.29, 1.82) is 0 Å². The van der Waals surface area contributed by atoms with Gasteiger partial charge in [-0.05, 0) is 0 Å². The van der Waals surface area contributed by atoms with Gasteiger partial charge in [0.05, 0.1) is 0 Å². The van der Waals surface area contributed by atoms with Crippen LogP contribution in [0.3, 0.4) is 0 Å². The van der Waals surface area contributed by atoms with E-state index in [1.165, 1.54) is 0 Å². The third-order valence-electron chi connectivity index (χ3n) is 7.07. The zero-order valence-electron chi connectivity index (χ0n) is 21.0. The van der Waals surface area contributed by atoms with Crippen molar-refractivity contribution in [3.8, 4) is 0 Å².